The summed E-state index contributed by atoms with van der Waals surface area (Å²) in [7, 11) is 0. The van der Waals surface area contributed by atoms with Crippen molar-refractivity contribution in [3.63, 3.8) is 0 Å². The van der Waals surface area contributed by atoms with E-state index < -0.39 is 18.1 Å². The molecule has 3 rings (SSSR count). The van der Waals surface area contributed by atoms with Crippen LogP contribution in [0.3, 0.4) is 0 Å². The first-order valence-electron chi connectivity index (χ1n) is 9.89. The van der Waals surface area contributed by atoms with Gasteiger partial charge < -0.3 is 10.1 Å². The molecule has 2 unspecified atom stereocenters. The molecule has 30 heavy (non-hydrogen) atoms. The van der Waals surface area contributed by atoms with E-state index in [0.29, 0.717) is 10.2 Å². The molecule has 1 aromatic heterocycles. The van der Waals surface area contributed by atoms with Gasteiger partial charge in [0.2, 0.25) is 5.91 Å². The maximum Gasteiger partial charge on any atom is 0.408 e. The molecule has 2 aromatic rings. The maximum absolute atomic E-state index is 13.4. The molecule has 1 aliphatic heterocycles. The molecular weight excluding hydrogens is 436 g/mol. The van der Waals surface area contributed by atoms with Crippen LogP contribution in [0.5, 0.6) is 0 Å². The van der Waals surface area contributed by atoms with Gasteiger partial charge in [0.25, 0.3) is 0 Å². The number of nitrogens with one attached hydrogen (secondary N) is 1. The lowest BCUT2D eigenvalue weighted by molar-refractivity contribution is -0.133. The Balaban J connectivity index is 1.72. The van der Waals surface area contributed by atoms with Crippen molar-refractivity contribution in [2.75, 3.05) is 5.75 Å². The number of hydrogen-bond donors (Lipinski definition) is 1. The molecule has 160 valence electrons. The van der Waals surface area contributed by atoms with Gasteiger partial charge in [0, 0.05) is 16.7 Å². The molecule has 2 heterocycles. The quantitative estimate of drug-likeness (QED) is 0.571. The number of carbonyl (C=O) groups is 2. The van der Waals surface area contributed by atoms with Crippen molar-refractivity contribution in [3.05, 3.63) is 58.3 Å². The minimum absolute atomic E-state index is 0.0644. The molecule has 1 aliphatic rings. The zero-order chi connectivity index (χ0) is 21.7. The Morgan fingerprint density at radius 2 is 1.93 bits per heavy atom. The molecule has 0 saturated carbocycles. The Morgan fingerprint density at radius 1 is 1.20 bits per heavy atom. The lowest BCUT2D eigenvalue weighted by Crippen LogP contribution is -2.47. The zero-order valence-electron chi connectivity index (χ0n) is 17.2. The largest absolute Gasteiger partial charge is 0.445 e. The Morgan fingerprint density at radius 3 is 2.57 bits per heavy atom. The van der Waals surface area contributed by atoms with Crippen molar-refractivity contribution in [1.82, 2.24) is 10.2 Å². The van der Waals surface area contributed by atoms with Crippen LogP contribution in [0.15, 0.2) is 47.8 Å². The van der Waals surface area contributed by atoms with Crippen LogP contribution in [0.2, 0.25) is 0 Å². The average Bonchev–Trinajstić information content (AvgIpc) is 3.40. The second-order valence-electron chi connectivity index (χ2n) is 7.58. The van der Waals surface area contributed by atoms with Gasteiger partial charge in [-0.1, -0.05) is 81.1 Å². The normalized spacial score (nSPS) is 18.3. The van der Waals surface area contributed by atoms with Gasteiger partial charge in [-0.15, -0.1) is 11.3 Å². The molecule has 2 amide bonds. The summed E-state index contributed by atoms with van der Waals surface area (Å²) in [6, 6.07) is 12.9. The molecule has 0 aliphatic carbocycles. The van der Waals surface area contributed by atoms with Crippen molar-refractivity contribution >= 4 is 51.6 Å². The fourth-order valence-electron chi connectivity index (χ4n) is 3.34. The number of alkyl carbamates (subject to hydrolysis) is 1. The smallest absolute Gasteiger partial charge is 0.408 e. The molecule has 1 N–H and O–H groups in total. The van der Waals surface area contributed by atoms with Gasteiger partial charge in [-0.2, -0.15) is 0 Å². The van der Waals surface area contributed by atoms with Crippen molar-refractivity contribution in [3.8, 4) is 0 Å². The second-order valence-corrected chi connectivity index (χ2v) is 10.2. The Labute approximate surface area is 191 Å². The summed E-state index contributed by atoms with van der Waals surface area (Å²) >= 11 is 8.51. The van der Waals surface area contributed by atoms with Crippen LogP contribution >= 0.6 is 35.3 Å². The van der Waals surface area contributed by atoms with Gasteiger partial charge in [-0.25, -0.2) is 4.79 Å². The highest BCUT2D eigenvalue weighted by molar-refractivity contribution is 8.23. The predicted octanol–water partition coefficient (Wildman–Crippen LogP) is 5.24. The fourth-order valence-corrected chi connectivity index (χ4v) is 5.87. The van der Waals surface area contributed by atoms with Gasteiger partial charge in [0.05, 0.1) is 12.0 Å². The van der Waals surface area contributed by atoms with Crippen LogP contribution in [-0.2, 0) is 16.1 Å². The first-order chi connectivity index (χ1) is 14.4. The van der Waals surface area contributed by atoms with E-state index in [1.54, 1.807) is 16.7 Å². The van der Waals surface area contributed by atoms with E-state index in [4.69, 9.17) is 17.0 Å². The highest BCUT2D eigenvalue weighted by Crippen LogP contribution is 2.34. The Bertz CT molecular complexity index is 871. The van der Waals surface area contributed by atoms with Gasteiger partial charge in [0.15, 0.2) is 0 Å². The minimum atomic E-state index is -0.546. The number of thiocarbonyl (C=S) groups is 1. The third kappa shape index (κ3) is 5.42. The highest BCUT2D eigenvalue weighted by Gasteiger charge is 2.40. The van der Waals surface area contributed by atoms with Crippen LogP contribution in [0, 0.1) is 11.8 Å². The van der Waals surface area contributed by atoms with Gasteiger partial charge in [0.1, 0.15) is 10.9 Å². The molecule has 1 fully saturated rings. The van der Waals surface area contributed by atoms with Crippen molar-refractivity contribution in [2.45, 2.75) is 39.5 Å². The van der Waals surface area contributed by atoms with E-state index >= 15 is 0 Å². The number of thioether (sulfide) groups is 1. The first-order valence-corrected chi connectivity index (χ1v) is 12.2. The van der Waals surface area contributed by atoms with Gasteiger partial charge in [-0.05, 0) is 22.9 Å². The van der Waals surface area contributed by atoms with Crippen molar-refractivity contribution < 1.29 is 14.3 Å². The number of amides is 2. The molecule has 1 saturated heterocycles. The average molecular weight is 463 g/mol. The molecular formula is C22H26N2O3S3. The topological polar surface area (TPSA) is 58.6 Å². The molecule has 5 nitrogen and oxygen atoms in total. The SMILES string of the molecule is CC(C(=O)N1C(=S)SC[C@@H]1C(C)C)C(NC(=O)OCc1ccccc1)c1cccs1. The molecule has 8 heteroatoms. The molecule has 0 bridgehead atoms. The van der Waals surface area contributed by atoms with E-state index in [-0.39, 0.29) is 18.6 Å². The number of ether oxygens (including phenoxy) is 1. The molecule has 1 aromatic carbocycles. The lowest BCUT2D eigenvalue weighted by atomic mass is 9.96. The molecule has 3 atom stereocenters. The number of thiophene rings is 1. The standard InChI is InChI=1S/C22H26N2O3S3/c1-14(2)17-13-30-22(28)24(17)20(25)15(3)19(18-10-7-11-29-18)23-21(26)27-12-16-8-5-4-6-9-16/h4-11,14-15,17,19H,12-13H2,1-3H3,(H,23,26)/t15?,17-,19?/m1/s1. The van der Waals surface area contributed by atoms with E-state index in [9.17, 15) is 9.59 Å². The third-order valence-corrected chi connectivity index (χ3v) is 7.60. The second kappa shape index (κ2) is 10.4. The summed E-state index contributed by atoms with van der Waals surface area (Å²) < 4.78 is 6.01. The van der Waals surface area contributed by atoms with Crippen LogP contribution in [-0.4, -0.2) is 33.0 Å². The number of hydrogen-bond acceptors (Lipinski definition) is 6. The van der Waals surface area contributed by atoms with Gasteiger partial charge in [-0.3, -0.25) is 9.69 Å². The van der Waals surface area contributed by atoms with Crippen molar-refractivity contribution in [2.24, 2.45) is 11.8 Å². The van der Waals surface area contributed by atoms with Crippen LogP contribution < -0.4 is 5.32 Å². The van der Waals surface area contributed by atoms with Crippen LogP contribution in [0.25, 0.3) is 0 Å². The predicted molar refractivity (Wildman–Crippen MR) is 127 cm³/mol. The zero-order valence-corrected chi connectivity index (χ0v) is 19.7. The van der Waals surface area contributed by atoms with E-state index in [0.717, 1.165) is 16.2 Å². The van der Waals surface area contributed by atoms with E-state index in [1.165, 1.54) is 11.3 Å². The highest BCUT2D eigenvalue weighted by atomic mass is 32.2. The molecule has 0 spiro atoms. The number of carbonyl (C=O) groups excluding carboxylic acids is 2. The summed E-state index contributed by atoms with van der Waals surface area (Å²) in [5, 5.41) is 4.84. The summed E-state index contributed by atoms with van der Waals surface area (Å²) in [6.45, 7) is 6.21. The monoisotopic (exact) mass is 462 g/mol. The van der Waals surface area contributed by atoms with E-state index in [2.05, 4.69) is 19.2 Å². The van der Waals surface area contributed by atoms with Crippen LogP contribution in [0.1, 0.15) is 37.3 Å². The van der Waals surface area contributed by atoms with Crippen molar-refractivity contribution in [1.29, 1.82) is 0 Å². The summed E-state index contributed by atoms with van der Waals surface area (Å²) in [6.07, 6.45) is -0.546. The fraction of sp³-hybridized carbons (Fsp3) is 0.409. The van der Waals surface area contributed by atoms with Crippen LogP contribution in [0.4, 0.5) is 4.79 Å². The third-order valence-electron chi connectivity index (χ3n) is 5.14. The number of rotatable bonds is 7. The maximum atomic E-state index is 13.4. The summed E-state index contributed by atoms with van der Waals surface area (Å²) in [5.74, 6) is 0.569. The Hall–Kier alpha value is -1.90. The van der Waals surface area contributed by atoms with Gasteiger partial charge >= 0.3 is 6.09 Å². The first kappa shape index (κ1) is 22.8. The number of nitrogens with zero attached hydrogens (tertiary/aromatic N) is 1. The van der Waals surface area contributed by atoms with E-state index in [1.807, 2.05) is 54.8 Å². The summed E-state index contributed by atoms with van der Waals surface area (Å²) in [4.78, 5) is 28.6. The Kier molecular flexibility index (Phi) is 7.91. The minimum Gasteiger partial charge on any atom is -0.445 e. The summed E-state index contributed by atoms with van der Waals surface area (Å²) in [5.41, 5.74) is 0.906. The lowest BCUT2D eigenvalue weighted by Gasteiger charge is -2.32. The number of benzene rings is 1. The molecule has 0 radical (unpaired) electrons.